The van der Waals surface area contributed by atoms with Crippen LogP contribution in [0.2, 0.25) is 0 Å². The average molecular weight is 384 g/mol. The highest BCUT2D eigenvalue weighted by Gasteiger charge is 2.28. The van der Waals surface area contributed by atoms with Crippen molar-refractivity contribution in [2.45, 2.75) is 57.6 Å². The van der Waals surface area contributed by atoms with Gasteiger partial charge in [0.2, 0.25) is 0 Å². The number of benzene rings is 1. The first-order valence-corrected chi connectivity index (χ1v) is 9.80. The number of aliphatic hydroxyl groups excluding tert-OH is 1. The van der Waals surface area contributed by atoms with Gasteiger partial charge in [0.15, 0.2) is 5.76 Å². The first-order valence-electron chi connectivity index (χ1n) is 9.80. The van der Waals surface area contributed by atoms with Gasteiger partial charge in [0.25, 0.3) is 11.8 Å². The van der Waals surface area contributed by atoms with Crippen LogP contribution in [0.1, 0.15) is 76.3 Å². The molecule has 0 bridgehead atoms. The maximum atomic E-state index is 13.0. The highest BCUT2D eigenvalue weighted by Crippen LogP contribution is 2.30. The minimum atomic E-state index is -0.363. The summed E-state index contributed by atoms with van der Waals surface area (Å²) >= 11 is 0. The Morgan fingerprint density at radius 1 is 1.14 bits per heavy atom. The molecule has 2 amide bonds. The minimum absolute atomic E-state index is 0.0244. The molecule has 3 rings (SSSR count). The maximum absolute atomic E-state index is 13.0. The number of aliphatic hydroxyl groups is 1. The van der Waals surface area contributed by atoms with Gasteiger partial charge in [0, 0.05) is 25.1 Å². The topological polar surface area (TPSA) is 91.6 Å². The zero-order chi connectivity index (χ0) is 20.3. The summed E-state index contributed by atoms with van der Waals surface area (Å²) in [6.07, 6.45) is 2.59. The second kappa shape index (κ2) is 8.61. The minimum Gasteiger partial charge on any atom is -0.454 e. The van der Waals surface area contributed by atoms with E-state index in [0.29, 0.717) is 24.2 Å². The van der Waals surface area contributed by atoms with E-state index < -0.39 is 0 Å². The van der Waals surface area contributed by atoms with Crippen LogP contribution in [0.4, 0.5) is 0 Å². The second-order valence-electron chi connectivity index (χ2n) is 7.58. The third-order valence-corrected chi connectivity index (χ3v) is 5.42. The zero-order valence-corrected chi connectivity index (χ0v) is 16.6. The molecule has 0 spiro atoms. The van der Waals surface area contributed by atoms with E-state index in [9.17, 15) is 14.7 Å². The molecule has 0 aliphatic heterocycles. The smallest absolute Gasteiger partial charge is 0.286 e. The molecule has 1 atom stereocenters. The van der Waals surface area contributed by atoms with Crippen molar-refractivity contribution in [1.82, 2.24) is 10.6 Å². The number of amides is 2. The van der Waals surface area contributed by atoms with Crippen molar-refractivity contribution in [3.05, 3.63) is 58.5 Å². The number of hydrogen-bond acceptors (Lipinski definition) is 4. The lowest BCUT2D eigenvalue weighted by Gasteiger charge is -2.26. The Bertz CT molecular complexity index is 850. The van der Waals surface area contributed by atoms with Gasteiger partial charge in [-0.05, 0) is 38.2 Å². The van der Waals surface area contributed by atoms with Gasteiger partial charge in [0.05, 0.1) is 11.7 Å². The van der Waals surface area contributed by atoms with Crippen molar-refractivity contribution in [2.24, 2.45) is 0 Å². The molecule has 1 heterocycles. The molecule has 0 saturated heterocycles. The molecular formula is C22H28N2O4. The van der Waals surface area contributed by atoms with E-state index in [1.54, 1.807) is 0 Å². The Kier molecular flexibility index (Phi) is 6.19. The molecule has 2 aromatic rings. The Morgan fingerprint density at radius 3 is 2.50 bits per heavy atom. The lowest BCUT2D eigenvalue weighted by molar-refractivity contribution is 0.0864. The summed E-state index contributed by atoms with van der Waals surface area (Å²) in [6, 6.07) is 9.57. The fourth-order valence-electron chi connectivity index (χ4n) is 3.71. The van der Waals surface area contributed by atoms with Crippen molar-refractivity contribution < 1.29 is 19.1 Å². The monoisotopic (exact) mass is 384 g/mol. The summed E-state index contributed by atoms with van der Waals surface area (Å²) in [5.41, 5.74) is 2.53. The van der Waals surface area contributed by atoms with E-state index in [-0.39, 0.29) is 35.6 Å². The van der Waals surface area contributed by atoms with Gasteiger partial charge in [-0.25, -0.2) is 0 Å². The standard InChI is InChI=1S/C22H28N2O4/c1-13-5-4-6-15(11-13)14(2)20-18(12-19(28-20)22(27)23-3)21(26)24-16-7-9-17(25)10-8-16/h4-6,11-12,14,16-17,25H,7-10H2,1-3H3,(H,23,27)(H,24,26)/t14?,16-,17-. The van der Waals surface area contributed by atoms with Crippen molar-refractivity contribution >= 4 is 11.8 Å². The summed E-state index contributed by atoms with van der Waals surface area (Å²) in [5, 5.41) is 15.2. The van der Waals surface area contributed by atoms with Gasteiger partial charge in [-0.2, -0.15) is 0 Å². The first-order chi connectivity index (χ1) is 13.4. The van der Waals surface area contributed by atoms with Gasteiger partial charge >= 0.3 is 0 Å². The van der Waals surface area contributed by atoms with Crippen molar-refractivity contribution in [3.63, 3.8) is 0 Å². The van der Waals surface area contributed by atoms with Crippen LogP contribution < -0.4 is 10.6 Å². The molecule has 0 radical (unpaired) electrons. The molecule has 6 nitrogen and oxygen atoms in total. The Hall–Kier alpha value is -2.60. The van der Waals surface area contributed by atoms with Crippen LogP contribution in [-0.4, -0.2) is 36.1 Å². The van der Waals surface area contributed by atoms with E-state index in [4.69, 9.17) is 4.42 Å². The van der Waals surface area contributed by atoms with Crippen molar-refractivity contribution in [1.29, 1.82) is 0 Å². The number of furan rings is 1. The number of carbonyl (C=O) groups excluding carboxylic acids is 2. The molecule has 1 aliphatic carbocycles. The molecule has 1 aromatic heterocycles. The predicted octanol–water partition coefficient (Wildman–Crippen LogP) is 3.13. The fraction of sp³-hybridized carbons (Fsp3) is 0.455. The van der Waals surface area contributed by atoms with Gasteiger partial charge in [-0.1, -0.05) is 36.8 Å². The summed E-state index contributed by atoms with van der Waals surface area (Å²) in [5.74, 6) is -0.168. The third-order valence-electron chi connectivity index (χ3n) is 5.42. The third kappa shape index (κ3) is 4.44. The number of aryl methyl sites for hydroxylation is 1. The van der Waals surface area contributed by atoms with Gasteiger partial charge in [-0.15, -0.1) is 0 Å². The largest absolute Gasteiger partial charge is 0.454 e. The van der Waals surface area contributed by atoms with E-state index in [0.717, 1.165) is 24.0 Å². The van der Waals surface area contributed by atoms with Gasteiger partial charge in [0.1, 0.15) is 5.76 Å². The molecule has 3 N–H and O–H groups in total. The van der Waals surface area contributed by atoms with Crippen LogP contribution >= 0.6 is 0 Å². The van der Waals surface area contributed by atoms with Gasteiger partial charge in [-0.3, -0.25) is 9.59 Å². The molecule has 6 heteroatoms. The molecule has 1 aromatic carbocycles. The van der Waals surface area contributed by atoms with E-state index >= 15 is 0 Å². The zero-order valence-electron chi connectivity index (χ0n) is 16.6. The maximum Gasteiger partial charge on any atom is 0.286 e. The number of hydrogen-bond donors (Lipinski definition) is 3. The molecule has 1 aliphatic rings. The van der Waals surface area contributed by atoms with Crippen LogP contribution in [0.3, 0.4) is 0 Å². The lowest BCUT2D eigenvalue weighted by Crippen LogP contribution is -2.38. The van der Waals surface area contributed by atoms with Crippen LogP contribution in [0, 0.1) is 6.92 Å². The van der Waals surface area contributed by atoms with Crippen LogP contribution in [0.25, 0.3) is 0 Å². The van der Waals surface area contributed by atoms with E-state index in [1.807, 2.05) is 32.0 Å². The number of carbonyl (C=O) groups is 2. The molecule has 1 saturated carbocycles. The molecule has 28 heavy (non-hydrogen) atoms. The fourth-order valence-corrected chi connectivity index (χ4v) is 3.71. The number of nitrogens with one attached hydrogen (secondary N) is 2. The van der Waals surface area contributed by atoms with E-state index in [1.165, 1.54) is 13.1 Å². The van der Waals surface area contributed by atoms with E-state index in [2.05, 4.69) is 16.7 Å². The first kappa shape index (κ1) is 20.1. The molecule has 150 valence electrons. The highest BCUT2D eigenvalue weighted by molar-refractivity contribution is 5.99. The summed E-state index contributed by atoms with van der Waals surface area (Å²) < 4.78 is 5.84. The Labute approximate surface area is 165 Å². The average Bonchev–Trinajstić information content (AvgIpc) is 3.14. The molecule has 1 unspecified atom stereocenters. The summed E-state index contributed by atoms with van der Waals surface area (Å²) in [4.78, 5) is 25.1. The highest BCUT2D eigenvalue weighted by atomic mass is 16.4. The molecular weight excluding hydrogens is 356 g/mol. The van der Waals surface area contributed by atoms with Crippen molar-refractivity contribution in [2.75, 3.05) is 7.05 Å². The van der Waals surface area contributed by atoms with Crippen LogP contribution in [-0.2, 0) is 0 Å². The summed E-state index contributed by atoms with van der Waals surface area (Å²) in [7, 11) is 1.53. The summed E-state index contributed by atoms with van der Waals surface area (Å²) in [6.45, 7) is 3.98. The second-order valence-corrected chi connectivity index (χ2v) is 7.58. The SMILES string of the molecule is CNC(=O)c1cc(C(=O)N[C@H]2CC[C@H](O)CC2)c(C(C)c2cccc(C)c2)o1. The van der Waals surface area contributed by atoms with Gasteiger partial charge < -0.3 is 20.2 Å². The predicted molar refractivity (Wildman–Crippen MR) is 107 cm³/mol. The molecule has 1 fully saturated rings. The van der Waals surface area contributed by atoms with Crippen molar-refractivity contribution in [3.8, 4) is 0 Å². The quantitative estimate of drug-likeness (QED) is 0.739. The Balaban J connectivity index is 1.89. The normalized spacial score (nSPS) is 20.4. The lowest BCUT2D eigenvalue weighted by atomic mass is 9.92. The Morgan fingerprint density at radius 2 is 1.86 bits per heavy atom. The van der Waals surface area contributed by atoms with Crippen LogP contribution in [0.5, 0.6) is 0 Å². The number of rotatable bonds is 5. The van der Waals surface area contributed by atoms with Crippen LogP contribution in [0.15, 0.2) is 34.7 Å².